The Morgan fingerprint density at radius 3 is 1.80 bits per heavy atom. The van der Waals surface area contributed by atoms with Gasteiger partial charge in [-0.15, -0.1) is 0 Å². The number of fused-ring (bicyclic) bond motifs is 1. The van der Waals surface area contributed by atoms with Gasteiger partial charge in [0.15, 0.2) is 0 Å². The number of aryl methyl sites for hydroxylation is 3. The molecule has 2 aromatic heterocycles. The summed E-state index contributed by atoms with van der Waals surface area (Å²) in [6, 6.07) is 64.6. The fraction of sp³-hybridized carbons (Fsp3) is 0.129. The van der Waals surface area contributed by atoms with E-state index in [4.69, 9.17) is 18.8 Å². The molecule has 0 radical (unpaired) electrons. The Bertz CT molecular complexity index is 3500. The Balaban J connectivity index is 1.30. The predicted octanol–water partition coefficient (Wildman–Crippen LogP) is 16.3. The molecule has 0 unspecified atom stereocenters. The van der Waals surface area contributed by atoms with Gasteiger partial charge in [-0.2, -0.15) is 0 Å². The van der Waals surface area contributed by atoms with Gasteiger partial charge in [-0.05, 0) is 147 Å². The number of benzene rings is 8. The SMILES string of the molecule is [2H]C([2H])([2H])c1cc(-n2c(-c3cc(C)cc(C)c3OC)nc3c(-c4cc(-c5ccccc5)cc(-c5cc(-c6ccccc6)ccn5)c4)cccc32)c(-c2ccc(C(C)(C)C)cc2)cc1-c1ccccc1. The van der Waals surface area contributed by atoms with Crippen LogP contribution in [0.1, 0.15) is 47.1 Å². The first-order valence-electron chi connectivity index (χ1n) is 24.0. The summed E-state index contributed by atoms with van der Waals surface area (Å²) in [5.74, 6) is 1.33. The van der Waals surface area contributed by atoms with Crippen molar-refractivity contribution in [2.45, 2.75) is 46.9 Å². The molecule has 0 saturated carbocycles. The van der Waals surface area contributed by atoms with Crippen LogP contribution in [0.25, 0.3) is 95.0 Å². The summed E-state index contributed by atoms with van der Waals surface area (Å²) < 4.78 is 35.5. The summed E-state index contributed by atoms with van der Waals surface area (Å²) in [5.41, 5.74) is 17.8. The van der Waals surface area contributed by atoms with E-state index in [2.05, 4.69) is 173 Å². The molecular weight excluding hydrogens is 803 g/mol. The molecule has 0 N–H and O–H groups in total. The van der Waals surface area contributed by atoms with E-state index in [-0.39, 0.29) is 11.0 Å². The third-order valence-corrected chi connectivity index (χ3v) is 12.6. The number of methoxy groups -OCH3 is 1. The molecule has 4 heteroatoms. The fourth-order valence-electron chi connectivity index (χ4n) is 9.29. The number of para-hydroxylation sites is 1. The van der Waals surface area contributed by atoms with E-state index < -0.39 is 6.85 Å². The Morgan fingerprint density at radius 2 is 1.14 bits per heavy atom. The number of hydrogen-bond donors (Lipinski definition) is 0. The van der Waals surface area contributed by atoms with Crippen molar-refractivity contribution < 1.29 is 8.85 Å². The molecule has 2 heterocycles. The topological polar surface area (TPSA) is 39.9 Å². The molecule has 0 spiro atoms. The number of aromatic nitrogens is 3. The average molecular weight is 859 g/mol. The van der Waals surface area contributed by atoms with Crippen LogP contribution in [0.2, 0.25) is 0 Å². The number of imidazole rings is 1. The molecule has 10 rings (SSSR count). The molecule has 0 saturated heterocycles. The minimum absolute atomic E-state index is 0.0657. The Labute approximate surface area is 393 Å². The van der Waals surface area contributed by atoms with E-state index in [1.807, 2.05) is 60.8 Å². The van der Waals surface area contributed by atoms with Gasteiger partial charge in [-0.25, -0.2) is 4.98 Å². The number of pyridine rings is 1. The zero-order chi connectivity index (χ0) is 48.0. The van der Waals surface area contributed by atoms with Gasteiger partial charge < -0.3 is 4.74 Å². The molecular formula is C62H53N3O. The first kappa shape index (κ1) is 38.6. The zero-order valence-corrected chi connectivity index (χ0v) is 38.2. The highest BCUT2D eigenvalue weighted by Crippen LogP contribution is 2.44. The summed E-state index contributed by atoms with van der Waals surface area (Å²) >= 11 is 0. The van der Waals surface area contributed by atoms with Crippen molar-refractivity contribution in [2.24, 2.45) is 0 Å². The molecule has 10 aromatic rings. The second kappa shape index (κ2) is 17.3. The molecule has 66 heavy (non-hydrogen) atoms. The Morgan fingerprint density at radius 1 is 0.500 bits per heavy atom. The smallest absolute Gasteiger partial charge is 0.149 e. The van der Waals surface area contributed by atoms with Gasteiger partial charge in [-0.1, -0.05) is 154 Å². The van der Waals surface area contributed by atoms with Crippen LogP contribution in [0.15, 0.2) is 194 Å². The third-order valence-electron chi connectivity index (χ3n) is 12.6. The van der Waals surface area contributed by atoms with E-state index in [0.29, 0.717) is 22.8 Å². The van der Waals surface area contributed by atoms with Crippen molar-refractivity contribution in [1.82, 2.24) is 14.5 Å². The van der Waals surface area contributed by atoms with E-state index >= 15 is 0 Å². The third kappa shape index (κ3) is 8.01. The monoisotopic (exact) mass is 858 g/mol. The van der Waals surface area contributed by atoms with Crippen LogP contribution < -0.4 is 4.74 Å². The summed E-state index contributed by atoms with van der Waals surface area (Å²) in [6.07, 6.45) is 1.88. The minimum atomic E-state index is -2.45. The molecule has 0 fully saturated rings. The summed E-state index contributed by atoms with van der Waals surface area (Å²) in [6.45, 7) is 8.31. The number of nitrogens with zero attached hydrogens (tertiary/aromatic N) is 3. The Kier molecular flexibility index (Phi) is 10.1. The van der Waals surface area contributed by atoms with Crippen molar-refractivity contribution in [2.75, 3.05) is 7.11 Å². The standard InChI is InChI=1S/C62H53N3O/c1-40-32-42(3)60(66-7)55(33-40)61-64-59-52(49-35-48(44-20-13-9-14-21-44)36-50(37-49)56-38-47(30-31-63-56)43-18-11-8-12-19-43)24-17-25-57(59)65(61)58-34-41(2)53(45-22-15-10-16-23-45)39-54(58)46-26-28-51(29-27-46)62(4,5)6/h8-39H,1-7H3/i2D3. The molecule has 4 nitrogen and oxygen atoms in total. The molecule has 0 aliphatic heterocycles. The molecule has 0 aliphatic rings. The van der Waals surface area contributed by atoms with Gasteiger partial charge >= 0.3 is 0 Å². The van der Waals surface area contributed by atoms with Crippen LogP contribution in [0.5, 0.6) is 5.75 Å². The lowest BCUT2D eigenvalue weighted by Crippen LogP contribution is -2.10. The summed E-state index contributed by atoms with van der Waals surface area (Å²) in [5, 5.41) is 0. The van der Waals surface area contributed by atoms with Crippen LogP contribution in [-0.4, -0.2) is 21.6 Å². The highest BCUT2D eigenvalue weighted by molar-refractivity contribution is 5.99. The van der Waals surface area contributed by atoms with Crippen LogP contribution in [0, 0.1) is 20.7 Å². The van der Waals surface area contributed by atoms with Crippen molar-refractivity contribution in [3.8, 4) is 89.7 Å². The largest absolute Gasteiger partial charge is 0.496 e. The number of rotatable bonds is 9. The van der Waals surface area contributed by atoms with Crippen LogP contribution >= 0.6 is 0 Å². The molecule has 322 valence electrons. The van der Waals surface area contributed by atoms with Gasteiger partial charge in [0.25, 0.3) is 0 Å². The maximum atomic E-state index is 9.03. The first-order valence-corrected chi connectivity index (χ1v) is 22.5. The van der Waals surface area contributed by atoms with E-state index in [1.165, 1.54) is 5.56 Å². The van der Waals surface area contributed by atoms with Gasteiger partial charge in [0.1, 0.15) is 11.6 Å². The van der Waals surface area contributed by atoms with Crippen molar-refractivity contribution in [3.63, 3.8) is 0 Å². The lowest BCUT2D eigenvalue weighted by molar-refractivity contribution is 0.413. The molecule has 0 amide bonds. The maximum absolute atomic E-state index is 9.03. The molecule has 0 atom stereocenters. The van der Waals surface area contributed by atoms with Gasteiger partial charge in [-0.3, -0.25) is 9.55 Å². The van der Waals surface area contributed by atoms with E-state index in [1.54, 1.807) is 7.11 Å². The molecule has 0 bridgehead atoms. The molecule has 8 aromatic carbocycles. The van der Waals surface area contributed by atoms with Crippen molar-refractivity contribution in [3.05, 3.63) is 217 Å². The first-order chi connectivity index (χ1) is 33.2. The zero-order valence-electron chi connectivity index (χ0n) is 41.2. The maximum Gasteiger partial charge on any atom is 0.149 e. The fourth-order valence-corrected chi connectivity index (χ4v) is 9.29. The van der Waals surface area contributed by atoms with Gasteiger partial charge in [0, 0.05) is 27.0 Å². The second-order valence-electron chi connectivity index (χ2n) is 18.2. The number of hydrogen-bond acceptors (Lipinski definition) is 3. The van der Waals surface area contributed by atoms with Gasteiger partial charge in [0.2, 0.25) is 0 Å². The van der Waals surface area contributed by atoms with E-state index in [0.717, 1.165) is 89.1 Å². The Hall–Kier alpha value is -7.82. The van der Waals surface area contributed by atoms with Gasteiger partial charge in [0.05, 0.1) is 35.1 Å². The lowest BCUT2D eigenvalue weighted by Gasteiger charge is -2.22. The number of ether oxygens (including phenoxy) is 1. The quantitative estimate of drug-likeness (QED) is 0.145. The van der Waals surface area contributed by atoms with Crippen LogP contribution in [0.4, 0.5) is 0 Å². The second-order valence-corrected chi connectivity index (χ2v) is 18.2. The lowest BCUT2D eigenvalue weighted by atomic mass is 9.85. The average Bonchev–Trinajstić information content (AvgIpc) is 3.76. The normalized spacial score (nSPS) is 12.4. The van der Waals surface area contributed by atoms with Crippen molar-refractivity contribution in [1.29, 1.82) is 0 Å². The molecule has 0 aliphatic carbocycles. The van der Waals surface area contributed by atoms with Crippen LogP contribution in [-0.2, 0) is 5.41 Å². The van der Waals surface area contributed by atoms with Crippen molar-refractivity contribution >= 4 is 11.0 Å². The van der Waals surface area contributed by atoms with E-state index in [9.17, 15) is 0 Å². The van der Waals surface area contributed by atoms with Crippen LogP contribution in [0.3, 0.4) is 0 Å². The highest BCUT2D eigenvalue weighted by Gasteiger charge is 2.25. The predicted molar refractivity (Wildman–Crippen MR) is 276 cm³/mol. The minimum Gasteiger partial charge on any atom is -0.496 e. The highest BCUT2D eigenvalue weighted by atomic mass is 16.5. The summed E-state index contributed by atoms with van der Waals surface area (Å²) in [7, 11) is 1.70. The summed E-state index contributed by atoms with van der Waals surface area (Å²) in [4.78, 5) is 10.6.